The molecule has 0 aromatic carbocycles. The van der Waals surface area contributed by atoms with E-state index in [0.29, 0.717) is 17.3 Å². The number of anilines is 1. The van der Waals surface area contributed by atoms with Crippen LogP contribution < -0.4 is 5.32 Å². The largest absolute Gasteiger partial charge is 0.369 e. The molecule has 4 nitrogen and oxygen atoms in total. The van der Waals surface area contributed by atoms with Crippen LogP contribution in [0.2, 0.25) is 0 Å². The van der Waals surface area contributed by atoms with Crippen LogP contribution in [0.25, 0.3) is 0 Å². The van der Waals surface area contributed by atoms with Gasteiger partial charge in [0.05, 0.1) is 5.56 Å². The van der Waals surface area contributed by atoms with Crippen molar-refractivity contribution in [3.63, 3.8) is 0 Å². The van der Waals surface area contributed by atoms with Crippen molar-refractivity contribution in [3.05, 3.63) is 23.9 Å². The number of hydrogen-bond donors (Lipinski definition) is 1. The van der Waals surface area contributed by atoms with Crippen molar-refractivity contribution in [2.24, 2.45) is 11.8 Å². The second kappa shape index (κ2) is 6.53. The Morgan fingerprint density at radius 3 is 3.16 bits per heavy atom. The van der Waals surface area contributed by atoms with Crippen molar-refractivity contribution in [3.8, 4) is 6.07 Å². The molecule has 2 rings (SSSR count). The van der Waals surface area contributed by atoms with E-state index in [1.807, 2.05) is 0 Å². The van der Waals surface area contributed by atoms with Gasteiger partial charge in [-0.1, -0.05) is 13.8 Å². The van der Waals surface area contributed by atoms with Gasteiger partial charge in [0.15, 0.2) is 0 Å². The van der Waals surface area contributed by atoms with Crippen LogP contribution in [0.5, 0.6) is 0 Å². The summed E-state index contributed by atoms with van der Waals surface area (Å²) in [5, 5.41) is 12.3. The molecule has 1 aromatic rings. The molecule has 1 saturated heterocycles. The maximum absolute atomic E-state index is 9.01. The minimum atomic E-state index is 0.625. The third kappa shape index (κ3) is 3.93. The Bertz CT molecular complexity index is 450. The molecule has 102 valence electrons. The molecule has 0 aliphatic carbocycles. The van der Waals surface area contributed by atoms with Gasteiger partial charge in [0.1, 0.15) is 11.9 Å². The highest BCUT2D eigenvalue weighted by Gasteiger charge is 2.22. The van der Waals surface area contributed by atoms with Crippen molar-refractivity contribution < 1.29 is 0 Å². The average molecular weight is 258 g/mol. The normalized spacial score (nSPS) is 19.6. The third-order valence-electron chi connectivity index (χ3n) is 3.48. The number of pyridine rings is 1. The lowest BCUT2D eigenvalue weighted by Crippen LogP contribution is -2.26. The number of hydrogen-bond acceptors (Lipinski definition) is 4. The lowest BCUT2D eigenvalue weighted by Gasteiger charge is -2.18. The SMILES string of the molecule is CC(C)CN1CCC(CNc2ncccc2C#N)C1. The molecule has 1 aromatic heterocycles. The number of rotatable bonds is 5. The van der Waals surface area contributed by atoms with E-state index in [2.05, 4.69) is 35.1 Å². The Kier molecular flexibility index (Phi) is 4.75. The predicted octanol–water partition coefficient (Wildman–Crippen LogP) is 2.34. The lowest BCUT2D eigenvalue weighted by molar-refractivity contribution is 0.289. The molecule has 1 fully saturated rings. The van der Waals surface area contributed by atoms with Gasteiger partial charge in [-0.05, 0) is 36.9 Å². The van der Waals surface area contributed by atoms with Gasteiger partial charge in [-0.2, -0.15) is 5.26 Å². The van der Waals surface area contributed by atoms with Gasteiger partial charge in [0.2, 0.25) is 0 Å². The highest BCUT2D eigenvalue weighted by atomic mass is 15.2. The van der Waals surface area contributed by atoms with E-state index < -0.39 is 0 Å². The van der Waals surface area contributed by atoms with E-state index in [1.54, 1.807) is 18.3 Å². The van der Waals surface area contributed by atoms with Crippen molar-refractivity contribution >= 4 is 5.82 Å². The molecular weight excluding hydrogens is 236 g/mol. The smallest absolute Gasteiger partial charge is 0.143 e. The van der Waals surface area contributed by atoms with E-state index in [4.69, 9.17) is 5.26 Å². The summed E-state index contributed by atoms with van der Waals surface area (Å²) >= 11 is 0. The summed E-state index contributed by atoms with van der Waals surface area (Å²) < 4.78 is 0. The van der Waals surface area contributed by atoms with Crippen LogP contribution >= 0.6 is 0 Å². The standard InChI is InChI=1S/C15H22N4/c1-12(2)10-19-7-5-13(11-19)9-18-15-14(8-16)4-3-6-17-15/h3-4,6,12-13H,5,7,9-11H2,1-2H3,(H,17,18). The molecule has 0 amide bonds. The molecule has 1 atom stereocenters. The fourth-order valence-corrected chi connectivity index (χ4v) is 2.64. The molecule has 2 heterocycles. The Hall–Kier alpha value is -1.60. The van der Waals surface area contributed by atoms with E-state index in [-0.39, 0.29) is 0 Å². The van der Waals surface area contributed by atoms with Crippen LogP contribution in [0.15, 0.2) is 18.3 Å². The topological polar surface area (TPSA) is 52.0 Å². The van der Waals surface area contributed by atoms with Gasteiger partial charge >= 0.3 is 0 Å². The second-order valence-electron chi connectivity index (χ2n) is 5.70. The second-order valence-corrected chi connectivity index (χ2v) is 5.70. The summed E-state index contributed by atoms with van der Waals surface area (Å²) in [6.45, 7) is 8.96. The highest BCUT2D eigenvalue weighted by Crippen LogP contribution is 2.18. The molecule has 4 heteroatoms. The molecule has 0 saturated carbocycles. The van der Waals surface area contributed by atoms with Gasteiger partial charge < -0.3 is 10.2 Å². The summed E-state index contributed by atoms with van der Waals surface area (Å²) in [5.41, 5.74) is 0.625. The van der Waals surface area contributed by atoms with Gasteiger partial charge in [-0.3, -0.25) is 0 Å². The fourth-order valence-electron chi connectivity index (χ4n) is 2.64. The zero-order valence-electron chi connectivity index (χ0n) is 11.8. The first-order valence-electron chi connectivity index (χ1n) is 7.00. The summed E-state index contributed by atoms with van der Waals surface area (Å²) in [4.78, 5) is 6.76. The first-order valence-corrected chi connectivity index (χ1v) is 7.00. The van der Waals surface area contributed by atoms with Crippen LogP contribution in [0, 0.1) is 23.2 Å². The van der Waals surface area contributed by atoms with E-state index in [0.717, 1.165) is 19.0 Å². The molecule has 1 unspecified atom stereocenters. The maximum Gasteiger partial charge on any atom is 0.143 e. The summed E-state index contributed by atoms with van der Waals surface area (Å²) in [6, 6.07) is 5.77. The number of aromatic nitrogens is 1. The molecule has 1 N–H and O–H groups in total. The molecule has 0 spiro atoms. The zero-order valence-corrected chi connectivity index (χ0v) is 11.8. The molecule has 1 aliphatic rings. The molecule has 0 radical (unpaired) electrons. The number of nitrogens with one attached hydrogen (secondary N) is 1. The number of nitriles is 1. The molecule has 1 aliphatic heterocycles. The Morgan fingerprint density at radius 1 is 1.58 bits per heavy atom. The van der Waals surface area contributed by atoms with Crippen molar-refractivity contribution in [1.82, 2.24) is 9.88 Å². The maximum atomic E-state index is 9.01. The first kappa shape index (κ1) is 13.8. The molecular formula is C15H22N4. The van der Waals surface area contributed by atoms with E-state index in [1.165, 1.54) is 19.5 Å². The van der Waals surface area contributed by atoms with E-state index in [9.17, 15) is 0 Å². The number of nitrogens with zero attached hydrogens (tertiary/aromatic N) is 3. The van der Waals surface area contributed by atoms with Gasteiger partial charge in [-0.25, -0.2) is 4.98 Å². The van der Waals surface area contributed by atoms with Gasteiger partial charge in [0.25, 0.3) is 0 Å². The average Bonchev–Trinajstić information content (AvgIpc) is 2.83. The number of likely N-dealkylation sites (tertiary alicyclic amines) is 1. The van der Waals surface area contributed by atoms with Crippen LogP contribution in [0.3, 0.4) is 0 Å². The Morgan fingerprint density at radius 2 is 2.42 bits per heavy atom. The minimum absolute atomic E-state index is 0.625. The van der Waals surface area contributed by atoms with Crippen LogP contribution in [-0.4, -0.2) is 36.1 Å². The summed E-state index contributed by atoms with van der Waals surface area (Å²) in [6.07, 6.45) is 2.96. The van der Waals surface area contributed by atoms with Crippen molar-refractivity contribution in [2.75, 3.05) is 31.5 Å². The fraction of sp³-hybridized carbons (Fsp3) is 0.600. The molecule has 19 heavy (non-hydrogen) atoms. The van der Waals surface area contributed by atoms with Crippen LogP contribution in [0.1, 0.15) is 25.8 Å². The summed E-state index contributed by atoms with van der Waals surface area (Å²) in [5.74, 6) is 2.10. The Labute approximate surface area is 115 Å². The monoisotopic (exact) mass is 258 g/mol. The van der Waals surface area contributed by atoms with E-state index >= 15 is 0 Å². The predicted molar refractivity (Wildman–Crippen MR) is 76.8 cm³/mol. The van der Waals surface area contributed by atoms with Crippen molar-refractivity contribution in [1.29, 1.82) is 5.26 Å². The first-order chi connectivity index (χ1) is 9.19. The van der Waals surface area contributed by atoms with Crippen LogP contribution in [0.4, 0.5) is 5.82 Å². The van der Waals surface area contributed by atoms with Crippen molar-refractivity contribution in [2.45, 2.75) is 20.3 Å². The Balaban J connectivity index is 1.82. The molecule has 0 bridgehead atoms. The minimum Gasteiger partial charge on any atom is -0.369 e. The van der Waals surface area contributed by atoms with Gasteiger partial charge in [0, 0.05) is 25.8 Å². The lowest BCUT2D eigenvalue weighted by atomic mass is 10.1. The quantitative estimate of drug-likeness (QED) is 0.880. The summed E-state index contributed by atoms with van der Waals surface area (Å²) in [7, 11) is 0. The van der Waals surface area contributed by atoms with Crippen LogP contribution in [-0.2, 0) is 0 Å². The third-order valence-corrected chi connectivity index (χ3v) is 3.48. The zero-order chi connectivity index (χ0) is 13.7. The van der Waals surface area contributed by atoms with Gasteiger partial charge in [-0.15, -0.1) is 0 Å². The highest BCUT2D eigenvalue weighted by molar-refractivity contribution is 5.51.